The van der Waals surface area contributed by atoms with Crippen LogP contribution in [0, 0.1) is 6.92 Å². The van der Waals surface area contributed by atoms with E-state index >= 15 is 0 Å². The van der Waals surface area contributed by atoms with Crippen LogP contribution in [0.5, 0.6) is 0 Å². The number of amides is 1. The summed E-state index contributed by atoms with van der Waals surface area (Å²) in [6.45, 7) is 2.79. The first-order chi connectivity index (χ1) is 23.5. The van der Waals surface area contributed by atoms with E-state index in [9.17, 15) is 9.59 Å². The molecule has 1 heterocycles. The summed E-state index contributed by atoms with van der Waals surface area (Å²) < 4.78 is 12.7. The second-order valence-electron chi connectivity index (χ2n) is 12.7. The highest BCUT2D eigenvalue weighted by molar-refractivity contribution is 6.31. The predicted molar refractivity (Wildman–Crippen MR) is 189 cm³/mol. The number of likely N-dealkylation sites (tertiary alicyclic amines) is 1. The van der Waals surface area contributed by atoms with Crippen LogP contribution < -0.4 is 0 Å². The van der Waals surface area contributed by atoms with E-state index in [4.69, 9.17) is 21.1 Å². The number of carbonyl (C=O) groups is 2. The van der Waals surface area contributed by atoms with Crippen molar-refractivity contribution in [2.45, 2.75) is 50.2 Å². The average molecular weight is 656 g/mol. The largest absolute Gasteiger partial charge is 0.448 e. The highest BCUT2D eigenvalue weighted by atomic mass is 35.5. The molecular formula is C42H38ClNO4. The van der Waals surface area contributed by atoms with Gasteiger partial charge in [-0.1, -0.05) is 138 Å². The van der Waals surface area contributed by atoms with Gasteiger partial charge in [-0.25, -0.2) is 4.79 Å². The summed E-state index contributed by atoms with van der Waals surface area (Å²) in [4.78, 5) is 29.6. The van der Waals surface area contributed by atoms with Crippen molar-refractivity contribution in [1.29, 1.82) is 0 Å². The molecule has 242 valence electrons. The molecule has 1 amide bonds. The summed E-state index contributed by atoms with van der Waals surface area (Å²) in [6.07, 6.45) is 2.10. The number of nitrogens with zero attached hydrogens (tertiary/aromatic N) is 1. The maximum Gasteiger partial charge on any atom is 0.410 e. The zero-order valence-electron chi connectivity index (χ0n) is 27.0. The van der Waals surface area contributed by atoms with Crippen LogP contribution in [0.1, 0.15) is 65.0 Å². The van der Waals surface area contributed by atoms with Crippen LogP contribution in [-0.2, 0) is 19.9 Å². The molecule has 6 heteroatoms. The Kier molecular flexibility index (Phi) is 9.05. The van der Waals surface area contributed by atoms with E-state index < -0.39 is 17.7 Å². The first kappa shape index (κ1) is 31.7. The van der Waals surface area contributed by atoms with Crippen molar-refractivity contribution < 1.29 is 19.1 Å². The molecule has 5 aromatic rings. The van der Waals surface area contributed by atoms with E-state index in [-0.39, 0.29) is 25.0 Å². The first-order valence-electron chi connectivity index (χ1n) is 16.7. The average Bonchev–Trinajstić information content (AvgIpc) is 3.44. The molecule has 5 nitrogen and oxygen atoms in total. The zero-order chi connectivity index (χ0) is 33.1. The van der Waals surface area contributed by atoms with Crippen LogP contribution in [-0.4, -0.2) is 36.2 Å². The highest BCUT2D eigenvalue weighted by Crippen LogP contribution is 2.46. The molecule has 5 aromatic carbocycles. The van der Waals surface area contributed by atoms with E-state index in [2.05, 4.69) is 24.3 Å². The number of fused-ring (bicyclic) bond motifs is 3. The van der Waals surface area contributed by atoms with E-state index in [1.807, 2.05) is 110 Å². The number of ether oxygens (including phenoxy) is 2. The molecular weight excluding hydrogens is 618 g/mol. The topological polar surface area (TPSA) is 55.8 Å². The van der Waals surface area contributed by atoms with Crippen LogP contribution in [0.2, 0.25) is 5.02 Å². The van der Waals surface area contributed by atoms with E-state index in [1.54, 1.807) is 4.90 Å². The number of carbonyl (C=O) groups excluding carboxylic acids is 2. The van der Waals surface area contributed by atoms with Crippen LogP contribution in [0.25, 0.3) is 11.1 Å². The monoisotopic (exact) mass is 655 g/mol. The van der Waals surface area contributed by atoms with Gasteiger partial charge >= 0.3 is 12.1 Å². The Balaban J connectivity index is 1.14. The van der Waals surface area contributed by atoms with Gasteiger partial charge in [0.1, 0.15) is 6.61 Å². The van der Waals surface area contributed by atoms with Gasteiger partial charge in [-0.05, 0) is 54.5 Å². The van der Waals surface area contributed by atoms with Crippen LogP contribution in [0.4, 0.5) is 4.79 Å². The van der Waals surface area contributed by atoms with Gasteiger partial charge in [-0.2, -0.15) is 0 Å². The van der Waals surface area contributed by atoms with Crippen molar-refractivity contribution in [2.24, 2.45) is 0 Å². The fourth-order valence-electron chi connectivity index (χ4n) is 7.39. The standard InChI is InChI=1S/C42H38ClNO4/c1-29-22-24-31(25-23-29)42(30-13-3-2-4-14-30,38-20-9-10-21-39(38)43)48-40(45)27-32-15-11-12-26-44(32)41(46)47-28-37-35-18-7-5-16-33(35)34-17-6-8-19-36(34)37/h2-10,13-14,16-25,32,37H,11-12,15,26-28H2,1H3/t32-,42?/m1/s1. The minimum Gasteiger partial charge on any atom is -0.448 e. The summed E-state index contributed by atoms with van der Waals surface area (Å²) in [5.41, 5.74) is 6.73. The number of hydrogen-bond donors (Lipinski definition) is 0. The Morgan fingerprint density at radius 1 is 0.750 bits per heavy atom. The minimum absolute atomic E-state index is 0.0359. The number of rotatable bonds is 8. The van der Waals surface area contributed by atoms with Gasteiger partial charge < -0.3 is 14.4 Å². The van der Waals surface area contributed by atoms with Crippen molar-refractivity contribution in [3.05, 3.63) is 166 Å². The molecule has 1 aliphatic heterocycles. The molecule has 1 aliphatic carbocycles. The maximum absolute atomic E-state index is 14.2. The highest BCUT2D eigenvalue weighted by Gasteiger charge is 2.43. The Labute approximate surface area is 287 Å². The van der Waals surface area contributed by atoms with Crippen molar-refractivity contribution in [3.8, 4) is 11.1 Å². The normalized spacial score (nSPS) is 16.8. The quantitative estimate of drug-likeness (QED) is 0.123. The van der Waals surface area contributed by atoms with Gasteiger partial charge in [-0.3, -0.25) is 4.79 Å². The van der Waals surface area contributed by atoms with E-state index in [1.165, 1.54) is 22.3 Å². The number of benzene rings is 5. The van der Waals surface area contributed by atoms with Crippen molar-refractivity contribution in [2.75, 3.05) is 13.2 Å². The van der Waals surface area contributed by atoms with Gasteiger partial charge in [0.2, 0.25) is 0 Å². The summed E-state index contributed by atoms with van der Waals surface area (Å²) in [7, 11) is 0. The second kappa shape index (κ2) is 13.7. The van der Waals surface area contributed by atoms with Gasteiger partial charge in [0.25, 0.3) is 0 Å². The van der Waals surface area contributed by atoms with Crippen LogP contribution >= 0.6 is 11.6 Å². The van der Waals surface area contributed by atoms with Crippen molar-refractivity contribution in [1.82, 2.24) is 4.90 Å². The first-order valence-corrected chi connectivity index (χ1v) is 17.0. The molecule has 1 saturated heterocycles. The molecule has 1 unspecified atom stereocenters. The number of aryl methyl sites for hydroxylation is 1. The molecule has 0 bridgehead atoms. The third kappa shape index (κ3) is 5.99. The van der Waals surface area contributed by atoms with Crippen LogP contribution in [0.3, 0.4) is 0 Å². The summed E-state index contributed by atoms with van der Waals surface area (Å²) in [5.74, 6) is -0.450. The number of piperidine rings is 1. The molecule has 0 spiro atoms. The molecule has 2 atom stereocenters. The summed E-state index contributed by atoms with van der Waals surface area (Å²) in [6, 6.07) is 41.5. The summed E-state index contributed by atoms with van der Waals surface area (Å²) >= 11 is 6.87. The smallest absolute Gasteiger partial charge is 0.410 e. The third-order valence-corrected chi connectivity index (χ3v) is 10.1. The van der Waals surface area contributed by atoms with Gasteiger partial charge in [-0.15, -0.1) is 0 Å². The predicted octanol–water partition coefficient (Wildman–Crippen LogP) is 9.68. The second-order valence-corrected chi connectivity index (χ2v) is 13.1. The van der Waals surface area contributed by atoms with Gasteiger partial charge in [0.15, 0.2) is 5.60 Å². The zero-order valence-corrected chi connectivity index (χ0v) is 27.7. The Hall–Kier alpha value is -4.87. The fourth-order valence-corrected chi connectivity index (χ4v) is 7.66. The number of esters is 1. The molecule has 0 aromatic heterocycles. The maximum atomic E-state index is 14.2. The SMILES string of the molecule is Cc1ccc(C(OC(=O)C[C@H]2CCCCN2C(=O)OCC2c3ccccc3-c3ccccc32)(c2ccccc2)c2ccccc2Cl)cc1. The molecule has 2 aliphatic rings. The molecule has 48 heavy (non-hydrogen) atoms. The Bertz CT molecular complexity index is 1880. The Morgan fingerprint density at radius 3 is 2.04 bits per heavy atom. The van der Waals surface area contributed by atoms with Gasteiger partial charge in [0, 0.05) is 40.2 Å². The lowest BCUT2D eigenvalue weighted by atomic mass is 9.79. The summed E-state index contributed by atoms with van der Waals surface area (Å²) in [5, 5.41) is 0.493. The molecule has 1 fully saturated rings. The molecule has 0 radical (unpaired) electrons. The molecule has 7 rings (SSSR count). The van der Waals surface area contributed by atoms with E-state index in [0.29, 0.717) is 23.6 Å². The minimum atomic E-state index is -1.30. The third-order valence-electron chi connectivity index (χ3n) is 9.76. The van der Waals surface area contributed by atoms with E-state index in [0.717, 1.165) is 29.5 Å². The van der Waals surface area contributed by atoms with Crippen molar-refractivity contribution >= 4 is 23.7 Å². The lowest BCUT2D eigenvalue weighted by Crippen LogP contribution is -2.46. The number of halogens is 1. The molecule has 0 N–H and O–H groups in total. The Morgan fingerprint density at radius 2 is 1.35 bits per heavy atom. The lowest BCUT2D eigenvalue weighted by molar-refractivity contribution is -0.155. The number of hydrogen-bond acceptors (Lipinski definition) is 4. The lowest BCUT2D eigenvalue weighted by Gasteiger charge is -2.38. The van der Waals surface area contributed by atoms with Gasteiger partial charge in [0.05, 0.1) is 6.42 Å². The van der Waals surface area contributed by atoms with Crippen molar-refractivity contribution in [3.63, 3.8) is 0 Å². The fraction of sp³-hybridized carbons (Fsp3) is 0.238. The molecule has 0 saturated carbocycles. The van der Waals surface area contributed by atoms with Crippen LogP contribution in [0.15, 0.2) is 127 Å².